The second-order valence-electron chi connectivity index (χ2n) is 8.28. The summed E-state index contributed by atoms with van der Waals surface area (Å²) in [5.74, 6) is -1.06. The van der Waals surface area contributed by atoms with Gasteiger partial charge in [0, 0.05) is 13.1 Å². The van der Waals surface area contributed by atoms with Crippen LogP contribution >= 0.6 is 11.6 Å². The Kier molecular flexibility index (Phi) is 7.12. The van der Waals surface area contributed by atoms with E-state index >= 15 is 0 Å². The molecule has 0 atom stereocenters. The highest BCUT2D eigenvalue weighted by Crippen LogP contribution is 2.40. The first-order valence-corrected chi connectivity index (χ1v) is 11.2. The molecule has 0 aromatic heterocycles. The van der Waals surface area contributed by atoms with Gasteiger partial charge < -0.3 is 9.64 Å². The Morgan fingerprint density at radius 2 is 1.71 bits per heavy atom. The predicted molar refractivity (Wildman–Crippen MR) is 121 cm³/mol. The molecule has 3 aromatic rings. The third-order valence-corrected chi connectivity index (χ3v) is 5.98. The topological polar surface area (TPSA) is 29.5 Å². The molecule has 0 unspecified atom stereocenters. The number of ether oxygens (including phenoxy) is 1. The SMILES string of the molecule is O=C(c1c(F)cccc1Cl)N(CCc1cccc(OC(F)(F)F)c1)Cc1ccc(C2CC2)cc1. The summed E-state index contributed by atoms with van der Waals surface area (Å²) >= 11 is 6.12. The van der Waals surface area contributed by atoms with Gasteiger partial charge in [-0.3, -0.25) is 4.79 Å². The molecule has 0 bridgehead atoms. The number of hydrogen-bond donors (Lipinski definition) is 0. The summed E-state index contributed by atoms with van der Waals surface area (Å²) in [6.45, 7) is 0.344. The number of nitrogens with zero attached hydrogens (tertiary/aromatic N) is 1. The zero-order valence-electron chi connectivity index (χ0n) is 18.1. The summed E-state index contributed by atoms with van der Waals surface area (Å²) in [7, 11) is 0. The molecule has 0 saturated heterocycles. The Labute approximate surface area is 199 Å². The fourth-order valence-electron chi connectivity index (χ4n) is 3.81. The van der Waals surface area contributed by atoms with Gasteiger partial charge in [-0.25, -0.2) is 4.39 Å². The molecule has 1 amide bonds. The maximum Gasteiger partial charge on any atom is 0.573 e. The number of amides is 1. The summed E-state index contributed by atoms with van der Waals surface area (Å²) in [5.41, 5.74) is 2.43. The van der Waals surface area contributed by atoms with Crippen LogP contribution in [0.1, 0.15) is 45.8 Å². The van der Waals surface area contributed by atoms with E-state index in [0.29, 0.717) is 11.5 Å². The van der Waals surface area contributed by atoms with Gasteiger partial charge in [-0.15, -0.1) is 13.2 Å². The highest BCUT2D eigenvalue weighted by atomic mass is 35.5. The van der Waals surface area contributed by atoms with Gasteiger partial charge in [0.2, 0.25) is 0 Å². The van der Waals surface area contributed by atoms with Gasteiger partial charge in [0.1, 0.15) is 11.6 Å². The second-order valence-corrected chi connectivity index (χ2v) is 8.69. The van der Waals surface area contributed by atoms with E-state index in [2.05, 4.69) is 4.74 Å². The van der Waals surface area contributed by atoms with Crippen molar-refractivity contribution in [2.24, 2.45) is 0 Å². The molecule has 3 nitrogen and oxygen atoms in total. The Bertz CT molecular complexity index is 1140. The normalized spacial score (nSPS) is 13.6. The van der Waals surface area contributed by atoms with Crippen molar-refractivity contribution in [3.8, 4) is 5.75 Å². The number of alkyl halides is 3. The van der Waals surface area contributed by atoms with Crippen LogP contribution in [0.25, 0.3) is 0 Å². The molecule has 3 aromatic carbocycles. The van der Waals surface area contributed by atoms with Crippen LogP contribution in [0.3, 0.4) is 0 Å². The number of rotatable bonds is 8. The van der Waals surface area contributed by atoms with Gasteiger partial charge in [-0.05, 0) is 66.1 Å². The van der Waals surface area contributed by atoms with E-state index in [1.54, 1.807) is 6.07 Å². The van der Waals surface area contributed by atoms with E-state index in [1.807, 2.05) is 24.3 Å². The average molecular weight is 492 g/mol. The standard InChI is InChI=1S/C26H22ClF4NO2/c27-22-5-2-6-23(28)24(22)25(33)32(16-18-7-9-19(10-8-18)20-11-12-20)14-13-17-3-1-4-21(15-17)34-26(29,30)31/h1-10,15,20H,11-14,16H2. The first-order chi connectivity index (χ1) is 16.2. The lowest BCUT2D eigenvalue weighted by Crippen LogP contribution is -2.33. The van der Waals surface area contributed by atoms with Crippen molar-refractivity contribution >= 4 is 17.5 Å². The summed E-state index contributed by atoms with van der Waals surface area (Å²) < 4.78 is 56.1. The maximum atomic E-state index is 14.5. The maximum absolute atomic E-state index is 14.5. The summed E-state index contributed by atoms with van der Waals surface area (Å²) in [4.78, 5) is 14.7. The third kappa shape index (κ3) is 6.29. The largest absolute Gasteiger partial charge is 0.573 e. The quantitative estimate of drug-likeness (QED) is 0.313. The van der Waals surface area contributed by atoms with Gasteiger partial charge in [-0.1, -0.05) is 54.1 Å². The van der Waals surface area contributed by atoms with Crippen molar-refractivity contribution < 1.29 is 27.1 Å². The van der Waals surface area contributed by atoms with Crippen LogP contribution in [-0.2, 0) is 13.0 Å². The van der Waals surface area contributed by atoms with E-state index in [0.717, 1.165) is 5.56 Å². The zero-order valence-corrected chi connectivity index (χ0v) is 18.9. The van der Waals surface area contributed by atoms with Gasteiger partial charge in [-0.2, -0.15) is 0 Å². The molecule has 1 saturated carbocycles. The molecule has 1 fully saturated rings. The van der Waals surface area contributed by atoms with E-state index in [-0.39, 0.29) is 35.8 Å². The van der Waals surface area contributed by atoms with Gasteiger partial charge in [0.25, 0.3) is 5.91 Å². The van der Waals surface area contributed by atoms with Gasteiger partial charge in [0.15, 0.2) is 0 Å². The number of halogens is 5. The van der Waals surface area contributed by atoms with Crippen LogP contribution in [0, 0.1) is 5.82 Å². The molecule has 1 aliphatic rings. The van der Waals surface area contributed by atoms with Crippen molar-refractivity contribution in [3.63, 3.8) is 0 Å². The molecule has 4 rings (SSSR count). The summed E-state index contributed by atoms with van der Waals surface area (Å²) in [6, 6.07) is 17.5. The lowest BCUT2D eigenvalue weighted by atomic mass is 10.1. The predicted octanol–water partition coefficient (Wildman–Crippen LogP) is 7.14. The number of benzene rings is 3. The molecular weight excluding hydrogens is 470 g/mol. The Morgan fingerprint density at radius 1 is 1.00 bits per heavy atom. The van der Waals surface area contributed by atoms with Crippen LogP contribution in [-0.4, -0.2) is 23.7 Å². The lowest BCUT2D eigenvalue weighted by molar-refractivity contribution is -0.274. The van der Waals surface area contributed by atoms with E-state index in [1.165, 1.54) is 59.7 Å². The van der Waals surface area contributed by atoms with Crippen molar-refractivity contribution in [1.29, 1.82) is 0 Å². The van der Waals surface area contributed by atoms with Gasteiger partial charge in [0.05, 0.1) is 10.6 Å². The molecule has 0 aliphatic heterocycles. The van der Waals surface area contributed by atoms with Gasteiger partial charge >= 0.3 is 6.36 Å². The Morgan fingerprint density at radius 3 is 2.35 bits per heavy atom. The molecule has 8 heteroatoms. The Hall–Kier alpha value is -3.06. The lowest BCUT2D eigenvalue weighted by Gasteiger charge is -2.24. The van der Waals surface area contributed by atoms with Crippen molar-refractivity contribution in [2.45, 2.75) is 38.1 Å². The van der Waals surface area contributed by atoms with Crippen LogP contribution in [0.2, 0.25) is 5.02 Å². The monoisotopic (exact) mass is 491 g/mol. The van der Waals surface area contributed by atoms with Crippen molar-refractivity contribution in [1.82, 2.24) is 4.90 Å². The fourth-order valence-corrected chi connectivity index (χ4v) is 4.05. The van der Waals surface area contributed by atoms with Crippen molar-refractivity contribution in [3.05, 3.63) is 99.8 Å². The van der Waals surface area contributed by atoms with Crippen LogP contribution in [0.15, 0.2) is 66.7 Å². The van der Waals surface area contributed by atoms with Crippen LogP contribution in [0.4, 0.5) is 17.6 Å². The number of hydrogen-bond acceptors (Lipinski definition) is 2. The summed E-state index contributed by atoms with van der Waals surface area (Å²) in [5, 5.41) is -0.000319. The number of carbonyl (C=O) groups is 1. The smallest absolute Gasteiger partial charge is 0.406 e. The first-order valence-electron chi connectivity index (χ1n) is 10.9. The zero-order chi connectivity index (χ0) is 24.3. The molecule has 0 radical (unpaired) electrons. The van der Waals surface area contributed by atoms with Crippen molar-refractivity contribution in [2.75, 3.05) is 6.54 Å². The van der Waals surface area contributed by atoms with E-state index < -0.39 is 18.1 Å². The van der Waals surface area contributed by atoms with Crippen LogP contribution in [0.5, 0.6) is 5.75 Å². The minimum atomic E-state index is -4.80. The highest BCUT2D eigenvalue weighted by molar-refractivity contribution is 6.33. The average Bonchev–Trinajstić information content (AvgIpc) is 3.61. The minimum Gasteiger partial charge on any atom is -0.406 e. The molecule has 1 aliphatic carbocycles. The minimum absolute atomic E-state index is 0.000319. The summed E-state index contributed by atoms with van der Waals surface area (Å²) in [6.07, 6.45) is -2.21. The molecule has 34 heavy (non-hydrogen) atoms. The number of carbonyl (C=O) groups excluding carboxylic acids is 1. The molecule has 0 heterocycles. The molecule has 0 N–H and O–H groups in total. The second kappa shape index (κ2) is 10.1. The Balaban J connectivity index is 1.54. The fraction of sp³-hybridized carbons (Fsp3) is 0.269. The third-order valence-electron chi connectivity index (χ3n) is 5.67. The molecular formula is C26H22ClF4NO2. The van der Waals surface area contributed by atoms with E-state index in [9.17, 15) is 22.4 Å². The van der Waals surface area contributed by atoms with E-state index in [4.69, 9.17) is 11.6 Å². The molecule has 0 spiro atoms. The highest BCUT2D eigenvalue weighted by Gasteiger charge is 2.31. The first kappa shape index (κ1) is 24.1. The molecule has 178 valence electrons. The van der Waals surface area contributed by atoms with Crippen LogP contribution < -0.4 is 4.74 Å².